The first-order valence-electron chi connectivity index (χ1n) is 6.01. The van der Waals surface area contributed by atoms with E-state index < -0.39 is 11.7 Å². The number of halogens is 3. The number of nitrogens with zero attached hydrogens (tertiary/aromatic N) is 3. The first-order chi connectivity index (χ1) is 9.85. The molecule has 21 heavy (non-hydrogen) atoms. The summed E-state index contributed by atoms with van der Waals surface area (Å²) in [5.41, 5.74) is 0.193. The molecule has 112 valence electrons. The van der Waals surface area contributed by atoms with Gasteiger partial charge in [0.25, 0.3) is 0 Å². The van der Waals surface area contributed by atoms with Gasteiger partial charge in [0.1, 0.15) is 0 Å². The van der Waals surface area contributed by atoms with Crippen molar-refractivity contribution >= 4 is 5.95 Å². The normalized spacial score (nSPS) is 11.3. The van der Waals surface area contributed by atoms with Gasteiger partial charge in [0.2, 0.25) is 5.95 Å². The number of aromatic nitrogens is 3. The monoisotopic (exact) mass is 298 g/mol. The highest BCUT2D eigenvalue weighted by Gasteiger charge is 2.30. The molecule has 1 heterocycles. The fourth-order valence-corrected chi connectivity index (χ4v) is 1.77. The third kappa shape index (κ3) is 3.21. The van der Waals surface area contributed by atoms with E-state index in [1.165, 1.54) is 13.2 Å². The van der Waals surface area contributed by atoms with Crippen molar-refractivity contribution in [3.8, 4) is 17.4 Å². The lowest BCUT2D eigenvalue weighted by molar-refractivity contribution is -0.137. The maximum atomic E-state index is 12.7. The zero-order valence-electron chi connectivity index (χ0n) is 11.6. The maximum absolute atomic E-state index is 12.7. The molecule has 0 fully saturated rings. The summed E-state index contributed by atoms with van der Waals surface area (Å²) < 4.78 is 43.0. The van der Waals surface area contributed by atoms with E-state index in [2.05, 4.69) is 20.3 Å². The molecule has 0 bridgehead atoms. The number of ether oxygens (including phenoxy) is 1. The summed E-state index contributed by atoms with van der Waals surface area (Å²) in [5.74, 6) is 0.522. The van der Waals surface area contributed by atoms with E-state index in [1.54, 1.807) is 14.0 Å². The molecule has 8 heteroatoms. The lowest BCUT2D eigenvalue weighted by Crippen LogP contribution is -2.07. The van der Waals surface area contributed by atoms with E-state index in [4.69, 9.17) is 4.74 Å². The minimum absolute atomic E-state index is 0.0867. The van der Waals surface area contributed by atoms with Crippen molar-refractivity contribution in [3.63, 3.8) is 0 Å². The van der Waals surface area contributed by atoms with Crippen LogP contribution in [-0.2, 0) is 6.18 Å². The van der Waals surface area contributed by atoms with Crippen molar-refractivity contribution < 1.29 is 17.9 Å². The summed E-state index contributed by atoms with van der Waals surface area (Å²) in [6, 6.07) is 3.48. The Morgan fingerprint density at radius 1 is 1.14 bits per heavy atom. The molecule has 2 aromatic rings. The van der Waals surface area contributed by atoms with Crippen molar-refractivity contribution in [2.24, 2.45) is 0 Å². The second kappa shape index (κ2) is 5.55. The molecular weight excluding hydrogens is 285 g/mol. The number of nitrogens with one attached hydrogen (secondary N) is 1. The van der Waals surface area contributed by atoms with Crippen LogP contribution in [0, 0.1) is 6.92 Å². The van der Waals surface area contributed by atoms with Crippen molar-refractivity contribution in [3.05, 3.63) is 29.3 Å². The zero-order chi connectivity index (χ0) is 15.6. The highest BCUT2D eigenvalue weighted by atomic mass is 19.4. The summed E-state index contributed by atoms with van der Waals surface area (Å²) in [6.45, 7) is 1.57. The first kappa shape index (κ1) is 15.0. The van der Waals surface area contributed by atoms with E-state index in [0.717, 1.165) is 12.1 Å². The summed E-state index contributed by atoms with van der Waals surface area (Å²) in [7, 11) is 3.02. The van der Waals surface area contributed by atoms with Gasteiger partial charge in [-0.05, 0) is 24.6 Å². The van der Waals surface area contributed by atoms with Crippen LogP contribution >= 0.6 is 0 Å². The number of rotatable bonds is 3. The zero-order valence-corrected chi connectivity index (χ0v) is 11.6. The molecule has 1 aromatic carbocycles. The van der Waals surface area contributed by atoms with Gasteiger partial charge in [0.15, 0.2) is 5.82 Å². The van der Waals surface area contributed by atoms with E-state index in [-0.39, 0.29) is 17.8 Å². The number of aryl methyl sites for hydroxylation is 1. The number of alkyl halides is 3. The minimum Gasteiger partial charge on any atom is -0.467 e. The molecule has 0 unspecified atom stereocenters. The van der Waals surface area contributed by atoms with Crippen molar-refractivity contribution in [1.29, 1.82) is 0 Å². The smallest absolute Gasteiger partial charge is 0.416 e. The second-order valence-electron chi connectivity index (χ2n) is 4.25. The van der Waals surface area contributed by atoms with Crippen LogP contribution in [0.15, 0.2) is 18.2 Å². The van der Waals surface area contributed by atoms with E-state index in [0.29, 0.717) is 11.1 Å². The molecule has 0 atom stereocenters. The van der Waals surface area contributed by atoms with Gasteiger partial charge < -0.3 is 10.1 Å². The standard InChI is InChI=1S/C13H13F3N4O/c1-7-6-8(13(14,15)16)4-5-9(7)10-18-11(17-2)20-12(19-10)21-3/h4-6H,1-3H3,(H,17,18,19,20). The van der Waals surface area contributed by atoms with E-state index in [1.807, 2.05) is 0 Å². The van der Waals surface area contributed by atoms with Gasteiger partial charge in [0.05, 0.1) is 12.7 Å². The summed E-state index contributed by atoms with van der Waals surface area (Å²) >= 11 is 0. The number of anilines is 1. The van der Waals surface area contributed by atoms with Gasteiger partial charge in [-0.2, -0.15) is 28.1 Å². The Hall–Kier alpha value is -2.38. The van der Waals surface area contributed by atoms with Crippen LogP contribution in [0.25, 0.3) is 11.4 Å². The Kier molecular flexibility index (Phi) is 3.97. The number of benzene rings is 1. The van der Waals surface area contributed by atoms with Crippen molar-refractivity contribution in [2.45, 2.75) is 13.1 Å². The van der Waals surface area contributed by atoms with Gasteiger partial charge in [-0.25, -0.2) is 0 Å². The lowest BCUT2D eigenvalue weighted by Gasteiger charge is -2.11. The summed E-state index contributed by atoms with van der Waals surface area (Å²) in [6.07, 6.45) is -4.38. The van der Waals surface area contributed by atoms with Crippen LogP contribution in [0.5, 0.6) is 6.01 Å². The largest absolute Gasteiger partial charge is 0.467 e. The Morgan fingerprint density at radius 3 is 2.38 bits per heavy atom. The number of methoxy groups -OCH3 is 1. The number of hydrogen-bond donors (Lipinski definition) is 1. The van der Waals surface area contributed by atoms with Crippen LogP contribution in [-0.4, -0.2) is 29.1 Å². The first-order valence-corrected chi connectivity index (χ1v) is 6.01. The highest BCUT2D eigenvalue weighted by molar-refractivity contribution is 5.62. The van der Waals surface area contributed by atoms with Crippen molar-refractivity contribution in [2.75, 3.05) is 19.5 Å². The molecule has 1 N–H and O–H groups in total. The Morgan fingerprint density at radius 2 is 1.86 bits per heavy atom. The fourth-order valence-electron chi connectivity index (χ4n) is 1.77. The van der Waals surface area contributed by atoms with Gasteiger partial charge in [-0.3, -0.25) is 0 Å². The molecule has 0 spiro atoms. The van der Waals surface area contributed by atoms with Gasteiger partial charge >= 0.3 is 12.2 Å². The van der Waals surface area contributed by atoms with Crippen molar-refractivity contribution in [1.82, 2.24) is 15.0 Å². The molecule has 0 saturated carbocycles. The van der Waals surface area contributed by atoms with Crippen LogP contribution in [0.4, 0.5) is 19.1 Å². The van der Waals surface area contributed by atoms with Crippen LogP contribution in [0.2, 0.25) is 0 Å². The maximum Gasteiger partial charge on any atom is 0.416 e. The molecule has 0 radical (unpaired) electrons. The average molecular weight is 298 g/mol. The van der Waals surface area contributed by atoms with E-state index in [9.17, 15) is 13.2 Å². The second-order valence-corrected chi connectivity index (χ2v) is 4.25. The van der Waals surface area contributed by atoms with Gasteiger partial charge in [-0.1, -0.05) is 6.07 Å². The average Bonchev–Trinajstić information content (AvgIpc) is 2.45. The molecule has 0 aliphatic carbocycles. The van der Waals surface area contributed by atoms with Gasteiger partial charge in [-0.15, -0.1) is 0 Å². The molecule has 5 nitrogen and oxygen atoms in total. The predicted octanol–water partition coefficient (Wildman–Crippen LogP) is 2.92. The Balaban J connectivity index is 2.52. The topological polar surface area (TPSA) is 59.9 Å². The molecule has 1 aromatic heterocycles. The Bertz CT molecular complexity index is 636. The summed E-state index contributed by atoms with van der Waals surface area (Å²) in [4.78, 5) is 12.1. The molecular formula is C13H13F3N4O. The molecule has 0 aliphatic rings. The third-order valence-corrected chi connectivity index (χ3v) is 2.82. The Labute approximate surface area is 119 Å². The van der Waals surface area contributed by atoms with Gasteiger partial charge in [0, 0.05) is 12.6 Å². The summed E-state index contributed by atoms with van der Waals surface area (Å²) in [5, 5.41) is 2.74. The lowest BCUT2D eigenvalue weighted by atomic mass is 10.0. The fraction of sp³-hybridized carbons (Fsp3) is 0.308. The molecule has 0 amide bonds. The third-order valence-electron chi connectivity index (χ3n) is 2.82. The predicted molar refractivity (Wildman–Crippen MR) is 71.1 cm³/mol. The molecule has 0 aliphatic heterocycles. The number of hydrogen-bond acceptors (Lipinski definition) is 5. The van der Waals surface area contributed by atoms with E-state index >= 15 is 0 Å². The quantitative estimate of drug-likeness (QED) is 0.944. The van der Waals surface area contributed by atoms with Crippen LogP contribution < -0.4 is 10.1 Å². The van der Waals surface area contributed by atoms with Crippen LogP contribution in [0.3, 0.4) is 0 Å². The molecule has 2 rings (SSSR count). The SMILES string of the molecule is CNc1nc(OC)nc(-c2ccc(C(F)(F)F)cc2C)n1. The minimum atomic E-state index is -4.38. The van der Waals surface area contributed by atoms with Crippen LogP contribution in [0.1, 0.15) is 11.1 Å². The highest BCUT2D eigenvalue weighted by Crippen LogP contribution is 2.32. The molecule has 0 saturated heterocycles.